The Balaban J connectivity index is 2.06. The molecule has 0 aromatic heterocycles. The van der Waals surface area contributed by atoms with Crippen LogP contribution in [0.1, 0.15) is 38.5 Å². The lowest BCUT2D eigenvalue weighted by Crippen LogP contribution is -2.58. The van der Waals surface area contributed by atoms with Gasteiger partial charge in [0.2, 0.25) is 5.91 Å². The fourth-order valence-electron chi connectivity index (χ4n) is 3.27. The largest absolute Gasteiger partial charge is 0.491 e. The van der Waals surface area contributed by atoms with Gasteiger partial charge in [-0.25, -0.2) is 0 Å². The summed E-state index contributed by atoms with van der Waals surface area (Å²) in [6, 6.07) is 5.90. The van der Waals surface area contributed by atoms with Crippen molar-refractivity contribution in [2.24, 2.45) is 11.7 Å². The molecule has 1 saturated carbocycles. The van der Waals surface area contributed by atoms with E-state index in [0.717, 1.165) is 12.8 Å². The van der Waals surface area contributed by atoms with Crippen molar-refractivity contribution in [3.8, 4) is 5.75 Å². The normalized spacial score (nSPS) is 17.8. The number of non-ortho nitro benzene ring substituents is 1. The highest BCUT2D eigenvalue weighted by molar-refractivity contribution is 5.86. The van der Waals surface area contributed by atoms with E-state index in [1.165, 1.54) is 31.4 Å². The van der Waals surface area contributed by atoms with Gasteiger partial charge in [0.25, 0.3) is 5.69 Å². The summed E-state index contributed by atoms with van der Waals surface area (Å²) in [6.07, 6.45) is 6.28. The molecule has 132 valence electrons. The van der Waals surface area contributed by atoms with Crippen molar-refractivity contribution < 1.29 is 14.5 Å². The van der Waals surface area contributed by atoms with E-state index in [-0.39, 0.29) is 18.2 Å². The monoisotopic (exact) mass is 335 g/mol. The predicted octanol–water partition coefficient (Wildman–Crippen LogP) is 2.39. The first kappa shape index (κ1) is 18.2. The molecule has 1 amide bonds. The highest BCUT2D eigenvalue weighted by Gasteiger charge is 2.37. The van der Waals surface area contributed by atoms with Crippen LogP contribution in [0, 0.1) is 16.0 Å². The fraction of sp³-hybridized carbons (Fsp3) is 0.588. The Morgan fingerprint density at radius 1 is 1.42 bits per heavy atom. The molecule has 7 nitrogen and oxygen atoms in total. The van der Waals surface area contributed by atoms with Gasteiger partial charge in [-0.05, 0) is 18.4 Å². The van der Waals surface area contributed by atoms with E-state index >= 15 is 0 Å². The Morgan fingerprint density at radius 3 is 2.75 bits per heavy atom. The van der Waals surface area contributed by atoms with Crippen molar-refractivity contribution in [3.05, 3.63) is 34.4 Å². The van der Waals surface area contributed by atoms with Crippen molar-refractivity contribution >= 4 is 11.6 Å². The maximum Gasteiger partial charge on any atom is 0.273 e. The molecule has 1 aromatic carbocycles. The molecule has 1 aromatic rings. The lowest BCUT2D eigenvalue weighted by atomic mass is 9.79. The lowest BCUT2D eigenvalue weighted by molar-refractivity contribution is -0.384. The standard InChI is InChI=1S/C17H25N3O4/c1-19-16(21)17(18,11-13-6-3-2-4-7-13)12-24-15-9-5-8-14(10-15)20(22)23/h5,8-10,13H,2-4,6-7,11-12,18H2,1H3,(H,19,21). The van der Waals surface area contributed by atoms with Gasteiger partial charge in [-0.2, -0.15) is 0 Å². The Kier molecular flexibility index (Phi) is 6.14. The van der Waals surface area contributed by atoms with E-state index in [2.05, 4.69) is 5.32 Å². The number of carbonyl (C=O) groups is 1. The molecule has 1 aliphatic rings. The van der Waals surface area contributed by atoms with Crippen LogP contribution in [-0.4, -0.2) is 30.0 Å². The van der Waals surface area contributed by atoms with E-state index in [0.29, 0.717) is 18.1 Å². The highest BCUT2D eigenvalue weighted by Crippen LogP contribution is 2.30. The first-order chi connectivity index (χ1) is 11.4. The second-order valence-electron chi connectivity index (χ2n) is 6.49. The smallest absolute Gasteiger partial charge is 0.273 e. The number of ether oxygens (including phenoxy) is 1. The van der Waals surface area contributed by atoms with E-state index < -0.39 is 10.5 Å². The first-order valence-electron chi connectivity index (χ1n) is 8.33. The third kappa shape index (κ3) is 4.67. The number of nitro groups is 1. The molecule has 0 saturated heterocycles. The summed E-state index contributed by atoms with van der Waals surface area (Å²) in [4.78, 5) is 22.6. The zero-order valence-electron chi connectivity index (χ0n) is 14.0. The summed E-state index contributed by atoms with van der Waals surface area (Å²) in [6.45, 7) is -0.00958. The van der Waals surface area contributed by atoms with Crippen molar-refractivity contribution in [3.63, 3.8) is 0 Å². The summed E-state index contributed by atoms with van der Waals surface area (Å²) in [5.41, 5.74) is 5.17. The number of nitrogens with one attached hydrogen (secondary N) is 1. The van der Waals surface area contributed by atoms with Crippen LogP contribution >= 0.6 is 0 Å². The molecule has 1 fully saturated rings. The number of nitrogens with two attached hydrogens (primary N) is 1. The summed E-state index contributed by atoms with van der Waals surface area (Å²) >= 11 is 0. The van der Waals surface area contributed by atoms with Gasteiger partial charge in [-0.15, -0.1) is 0 Å². The van der Waals surface area contributed by atoms with Crippen molar-refractivity contribution in [1.82, 2.24) is 5.32 Å². The van der Waals surface area contributed by atoms with Gasteiger partial charge in [0.15, 0.2) is 0 Å². The molecule has 3 N–H and O–H groups in total. The van der Waals surface area contributed by atoms with Gasteiger partial charge < -0.3 is 15.8 Å². The molecule has 7 heteroatoms. The van der Waals surface area contributed by atoms with E-state index in [1.807, 2.05) is 0 Å². The van der Waals surface area contributed by atoms with Crippen LogP contribution in [0.4, 0.5) is 5.69 Å². The number of nitrogens with zero attached hydrogens (tertiary/aromatic N) is 1. The second kappa shape index (κ2) is 8.10. The van der Waals surface area contributed by atoms with Crippen LogP contribution < -0.4 is 15.8 Å². The van der Waals surface area contributed by atoms with Crippen LogP contribution in [0.5, 0.6) is 5.75 Å². The SMILES string of the molecule is CNC(=O)C(N)(COc1cccc([N+](=O)[O-])c1)CC1CCCCC1. The molecular weight excluding hydrogens is 310 g/mol. The molecule has 0 spiro atoms. The average Bonchev–Trinajstić information content (AvgIpc) is 2.60. The van der Waals surface area contributed by atoms with Crippen LogP contribution in [0.2, 0.25) is 0 Å². The zero-order valence-corrected chi connectivity index (χ0v) is 14.0. The summed E-state index contributed by atoms with van der Waals surface area (Å²) in [5, 5.41) is 13.4. The number of hydrogen-bond acceptors (Lipinski definition) is 5. The second-order valence-corrected chi connectivity index (χ2v) is 6.49. The molecule has 0 heterocycles. The first-order valence-corrected chi connectivity index (χ1v) is 8.33. The Labute approximate surface area is 141 Å². The quantitative estimate of drug-likeness (QED) is 0.587. The van der Waals surface area contributed by atoms with E-state index in [9.17, 15) is 14.9 Å². The topological polar surface area (TPSA) is 107 Å². The number of hydrogen-bond donors (Lipinski definition) is 2. The van der Waals surface area contributed by atoms with Gasteiger partial charge in [0.05, 0.1) is 11.0 Å². The average molecular weight is 335 g/mol. The van der Waals surface area contributed by atoms with Gasteiger partial charge in [0.1, 0.15) is 17.9 Å². The molecule has 2 rings (SSSR count). The number of nitro benzene ring substituents is 1. The number of likely N-dealkylation sites (N-methyl/N-ethyl adjacent to an activating group) is 1. The van der Waals surface area contributed by atoms with Crippen molar-refractivity contribution in [2.45, 2.75) is 44.1 Å². The van der Waals surface area contributed by atoms with Crippen molar-refractivity contribution in [2.75, 3.05) is 13.7 Å². The van der Waals surface area contributed by atoms with Crippen LogP contribution in [0.25, 0.3) is 0 Å². The third-order valence-corrected chi connectivity index (χ3v) is 4.58. The molecule has 1 unspecified atom stereocenters. The minimum absolute atomic E-state index is 0.00958. The molecule has 0 aliphatic heterocycles. The lowest BCUT2D eigenvalue weighted by Gasteiger charge is -2.33. The van der Waals surface area contributed by atoms with Gasteiger partial charge >= 0.3 is 0 Å². The summed E-state index contributed by atoms with van der Waals surface area (Å²) < 4.78 is 5.64. The molecular formula is C17H25N3O4. The minimum Gasteiger partial charge on any atom is -0.491 e. The highest BCUT2D eigenvalue weighted by atomic mass is 16.6. The summed E-state index contributed by atoms with van der Waals surface area (Å²) in [7, 11) is 1.55. The third-order valence-electron chi connectivity index (χ3n) is 4.58. The van der Waals surface area contributed by atoms with Gasteiger partial charge in [0, 0.05) is 13.1 Å². The Hall–Kier alpha value is -2.15. The van der Waals surface area contributed by atoms with E-state index in [1.54, 1.807) is 19.2 Å². The van der Waals surface area contributed by atoms with Crippen molar-refractivity contribution in [1.29, 1.82) is 0 Å². The van der Waals surface area contributed by atoms with E-state index in [4.69, 9.17) is 10.5 Å². The zero-order chi connectivity index (χ0) is 17.6. The van der Waals surface area contributed by atoms with Crippen LogP contribution in [0.15, 0.2) is 24.3 Å². The molecule has 24 heavy (non-hydrogen) atoms. The molecule has 0 radical (unpaired) electrons. The number of benzene rings is 1. The summed E-state index contributed by atoms with van der Waals surface area (Å²) in [5.74, 6) is 0.486. The maximum atomic E-state index is 12.3. The van der Waals surface area contributed by atoms with Gasteiger partial charge in [-0.1, -0.05) is 38.2 Å². The molecule has 1 atom stereocenters. The Bertz CT molecular complexity index is 587. The predicted molar refractivity (Wildman–Crippen MR) is 90.8 cm³/mol. The molecule has 1 aliphatic carbocycles. The Morgan fingerprint density at radius 2 is 2.12 bits per heavy atom. The van der Waals surface area contributed by atoms with Crippen LogP contribution in [0.3, 0.4) is 0 Å². The number of rotatable bonds is 7. The number of amides is 1. The number of carbonyl (C=O) groups excluding carboxylic acids is 1. The minimum atomic E-state index is -1.14. The van der Waals surface area contributed by atoms with Crippen LogP contribution in [-0.2, 0) is 4.79 Å². The maximum absolute atomic E-state index is 12.3. The fourth-order valence-corrected chi connectivity index (χ4v) is 3.27. The molecule has 0 bridgehead atoms. The van der Waals surface area contributed by atoms with Gasteiger partial charge in [-0.3, -0.25) is 14.9 Å².